The van der Waals surface area contributed by atoms with E-state index < -0.39 is 0 Å². The van der Waals surface area contributed by atoms with E-state index in [1.165, 1.54) is 19.3 Å². The Morgan fingerprint density at radius 2 is 1.05 bits per heavy atom. The quantitative estimate of drug-likeness (QED) is 0.138. The highest BCUT2D eigenvalue weighted by Gasteiger charge is 2.49. The molecular formula is C78H151N17O7. The summed E-state index contributed by atoms with van der Waals surface area (Å²) in [5, 5.41) is 7.83. The molecule has 11 aliphatic rings. The van der Waals surface area contributed by atoms with Crippen LogP contribution in [0.5, 0.6) is 6.01 Å². The van der Waals surface area contributed by atoms with Crippen molar-refractivity contribution in [1.29, 1.82) is 0 Å². The van der Waals surface area contributed by atoms with Crippen LogP contribution in [0.1, 0.15) is 205 Å². The summed E-state index contributed by atoms with van der Waals surface area (Å²) in [5.41, 5.74) is 0. The number of urea groups is 3. The van der Waals surface area contributed by atoms with Gasteiger partial charge in [-0.2, -0.15) is 0 Å². The fraction of sp³-hybridized carbons (Fsp3) is 0.897. The molecule has 11 fully saturated rings. The second-order valence-electron chi connectivity index (χ2n) is 34.8. The zero-order valence-corrected chi connectivity index (χ0v) is 70.3. The lowest BCUT2D eigenvalue weighted by molar-refractivity contribution is -0.135. The SMILES string of the molecule is CC(C)C1C(C)OC(=O)N1CC1CN(C(C)C)C1.CC(C)COc1ncc(NC(C)C)n1C.CC(C)N(C)C(=O)C1CCN(N(C)C(C)C)C1.CC(C)N(C)C(=O)N1CC2CC(C1)N2C(C)C.CC(C)N(C)C(=O)N1CC2CC1CN2C(C)C.CC(C)N(C)C(=O)N1CC2CCC1CN2C(C)C. The van der Waals surface area contributed by atoms with E-state index in [2.05, 4.69) is 223 Å². The first-order valence-corrected chi connectivity index (χ1v) is 39.7. The van der Waals surface area contributed by atoms with Crippen molar-refractivity contribution in [2.24, 2.45) is 30.7 Å². The summed E-state index contributed by atoms with van der Waals surface area (Å²) in [6.45, 7) is 65.0. The molecule has 1 N–H and O–H groups in total. The average molecular weight is 1440 g/mol. The van der Waals surface area contributed by atoms with Crippen molar-refractivity contribution in [3.8, 4) is 6.01 Å². The number of rotatable bonds is 19. The van der Waals surface area contributed by atoms with Crippen molar-refractivity contribution in [2.45, 2.75) is 314 Å². The zero-order chi connectivity index (χ0) is 77.0. The molecule has 24 nitrogen and oxygen atoms in total. The smallest absolute Gasteiger partial charge is 0.410 e. The minimum atomic E-state index is -0.121. The predicted octanol–water partition coefficient (Wildman–Crippen LogP) is 11.1. The standard InChI is InChI=1S/C14H27N3O.C14H26N2O2.2C13H25N3O.C13H27N3O.C11H21N3O/c1-10(2)15(5)14(18)17-9-12-6-7-13(17)8-16(12)11(3)4;1-9(2)13-11(5)18-14(17)16(13)8-12-6-15(7-12)10(3)4;1-9(2)14(5)13(17)16-8-11-6-12(16)7-15(11)10(3)4;1-9(2)14(5)13(17)15-7-11-6-12(8-15)16(11)10(3)4;1-10(2)14(5)13(17)12-7-8-16(9-12)15(6)11(3)4;1-8(2)7-15-11-12-6-10(14(11)5)13-9(3)4/h10-13H,6-9H2,1-5H3;9-13H,6-8H2,1-5H3;2*9-12H,6-8H2,1-5H3;10-12H,7-9H2,1-6H3;6,8-9,13H,7H2,1-5H3. The molecule has 590 valence electrons. The Hall–Kier alpha value is -4.88. The third kappa shape index (κ3) is 23.1. The first-order valence-electron chi connectivity index (χ1n) is 39.7. The number of nitrogens with one attached hydrogen (secondary N) is 1. The number of carbonyl (C=O) groups excluding carboxylic acids is 5. The van der Waals surface area contributed by atoms with Crippen LogP contribution >= 0.6 is 0 Å². The largest absolute Gasteiger partial charge is 0.464 e. The summed E-state index contributed by atoms with van der Waals surface area (Å²) in [5.74, 6) is 3.04. The Bertz CT molecular complexity index is 2720. The molecule has 24 heteroatoms. The molecule has 9 unspecified atom stereocenters. The van der Waals surface area contributed by atoms with E-state index in [0.29, 0.717) is 115 Å². The number of carbonyl (C=O) groups is 5. The van der Waals surface area contributed by atoms with E-state index in [1.807, 2.05) is 76.1 Å². The summed E-state index contributed by atoms with van der Waals surface area (Å²) in [4.78, 5) is 90.9. The van der Waals surface area contributed by atoms with Crippen molar-refractivity contribution < 1.29 is 33.4 Å². The van der Waals surface area contributed by atoms with Gasteiger partial charge in [0, 0.05) is 217 Å². The number of hydrogen-bond donors (Lipinski definition) is 1. The minimum absolute atomic E-state index is 0.0266. The molecule has 102 heavy (non-hydrogen) atoms. The highest BCUT2D eigenvalue weighted by atomic mass is 16.6. The number of hydrazine groups is 1. The third-order valence-corrected chi connectivity index (χ3v) is 23.0. The molecule has 9 atom stereocenters. The number of piperazine rings is 3. The van der Waals surface area contributed by atoms with Gasteiger partial charge in [0.2, 0.25) is 5.91 Å². The first kappa shape index (κ1) is 87.8. The molecule has 1 aromatic rings. The number of amides is 8. The van der Waals surface area contributed by atoms with E-state index in [4.69, 9.17) is 9.47 Å². The molecule has 0 aromatic carbocycles. The number of cyclic esters (lactones) is 1. The van der Waals surface area contributed by atoms with Gasteiger partial charge in [-0.3, -0.25) is 24.1 Å². The van der Waals surface area contributed by atoms with Crippen molar-refractivity contribution in [1.82, 2.24) is 78.4 Å². The van der Waals surface area contributed by atoms with Gasteiger partial charge in [-0.1, -0.05) is 27.7 Å². The maximum atomic E-state index is 12.4. The number of ether oxygens (including phenoxy) is 2. The predicted molar refractivity (Wildman–Crippen MR) is 416 cm³/mol. The van der Waals surface area contributed by atoms with Gasteiger partial charge in [-0.05, 0) is 189 Å². The summed E-state index contributed by atoms with van der Waals surface area (Å²) in [6.07, 6.45) is 7.54. The maximum absolute atomic E-state index is 12.4. The molecular weight excluding hydrogens is 1290 g/mol. The van der Waals surface area contributed by atoms with Crippen LogP contribution in [0.25, 0.3) is 0 Å². The van der Waals surface area contributed by atoms with Gasteiger partial charge >= 0.3 is 24.2 Å². The van der Waals surface area contributed by atoms with Gasteiger partial charge < -0.3 is 58.9 Å². The van der Waals surface area contributed by atoms with Gasteiger partial charge in [-0.15, -0.1) is 0 Å². The number of aromatic nitrogens is 2. The van der Waals surface area contributed by atoms with Crippen molar-refractivity contribution in [3.63, 3.8) is 0 Å². The van der Waals surface area contributed by atoms with Gasteiger partial charge in [0.25, 0.3) is 6.01 Å². The highest BCUT2D eigenvalue weighted by Crippen LogP contribution is 2.37. The van der Waals surface area contributed by atoms with Gasteiger partial charge in [-0.25, -0.2) is 34.2 Å². The third-order valence-electron chi connectivity index (χ3n) is 23.0. The number of fused-ring (bicyclic) bond motifs is 7. The Kier molecular flexibility index (Phi) is 33.6. The van der Waals surface area contributed by atoms with Crippen LogP contribution in [0.4, 0.5) is 25.0 Å². The Morgan fingerprint density at radius 3 is 1.49 bits per heavy atom. The molecule has 12 rings (SSSR count). The van der Waals surface area contributed by atoms with Crippen LogP contribution in [0.15, 0.2) is 6.20 Å². The molecule has 0 saturated carbocycles. The lowest BCUT2D eigenvalue weighted by Gasteiger charge is -2.58. The van der Waals surface area contributed by atoms with Crippen molar-refractivity contribution >= 4 is 35.9 Å². The first-order chi connectivity index (χ1) is 47.5. The fourth-order valence-electron chi connectivity index (χ4n) is 15.7. The van der Waals surface area contributed by atoms with Crippen LogP contribution in [-0.4, -0.2) is 331 Å². The van der Waals surface area contributed by atoms with Gasteiger partial charge in [0.1, 0.15) is 11.9 Å². The van der Waals surface area contributed by atoms with Crippen LogP contribution in [-0.2, 0) is 16.6 Å². The number of imidazole rings is 1. The summed E-state index contributed by atoms with van der Waals surface area (Å²) in [7, 11) is 11.7. The number of nitrogens with zero attached hydrogens (tertiary/aromatic N) is 16. The number of likely N-dealkylation sites (tertiary alicyclic amines) is 3. The Balaban J connectivity index is 0.000000221. The van der Waals surface area contributed by atoms with E-state index >= 15 is 0 Å². The van der Waals surface area contributed by atoms with Crippen molar-refractivity contribution in [3.05, 3.63) is 6.20 Å². The molecule has 11 aliphatic heterocycles. The van der Waals surface area contributed by atoms with Crippen LogP contribution in [0.3, 0.4) is 0 Å². The van der Waals surface area contributed by atoms with Crippen LogP contribution < -0.4 is 10.1 Å². The molecule has 1 aromatic heterocycles. The average Bonchev–Trinajstić information content (AvgIpc) is 0.988. The lowest BCUT2D eigenvalue weighted by atomic mass is 9.86. The highest BCUT2D eigenvalue weighted by molar-refractivity contribution is 5.79. The molecule has 0 aliphatic carbocycles. The van der Waals surface area contributed by atoms with E-state index in [1.54, 1.807) is 6.20 Å². The van der Waals surface area contributed by atoms with Crippen LogP contribution in [0, 0.1) is 23.7 Å². The number of hydrogen-bond acceptors (Lipinski definition) is 15. The zero-order valence-electron chi connectivity index (χ0n) is 70.3. The molecule has 6 bridgehead atoms. The van der Waals surface area contributed by atoms with E-state index in [0.717, 1.165) is 90.7 Å². The molecule has 12 heterocycles. The molecule has 0 radical (unpaired) electrons. The summed E-state index contributed by atoms with van der Waals surface area (Å²) < 4.78 is 12.9. The fourth-order valence-corrected chi connectivity index (χ4v) is 15.7. The van der Waals surface area contributed by atoms with Crippen molar-refractivity contribution in [2.75, 3.05) is 119 Å². The number of piperidine rings is 3. The summed E-state index contributed by atoms with van der Waals surface area (Å²) in [6, 6.07) is 9.18. The topological polar surface area (TPSA) is 179 Å². The monoisotopic (exact) mass is 1440 g/mol. The molecule has 11 saturated heterocycles. The number of anilines is 1. The van der Waals surface area contributed by atoms with E-state index in [9.17, 15) is 24.0 Å². The molecule has 0 spiro atoms. The van der Waals surface area contributed by atoms with Gasteiger partial charge in [0.15, 0.2) is 0 Å². The Morgan fingerprint density at radius 1 is 0.559 bits per heavy atom. The second-order valence-corrected chi connectivity index (χ2v) is 34.8. The Labute approximate surface area is 621 Å². The summed E-state index contributed by atoms with van der Waals surface area (Å²) >= 11 is 0. The molecule has 8 amide bonds. The van der Waals surface area contributed by atoms with Crippen LogP contribution in [0.2, 0.25) is 0 Å². The normalized spacial score (nSPS) is 25.1. The lowest BCUT2D eigenvalue weighted by Crippen LogP contribution is -2.71. The second kappa shape index (κ2) is 39.1. The maximum Gasteiger partial charge on any atom is 0.410 e. The van der Waals surface area contributed by atoms with Gasteiger partial charge in [0.05, 0.1) is 24.8 Å². The van der Waals surface area contributed by atoms with E-state index in [-0.39, 0.29) is 60.4 Å². The minimum Gasteiger partial charge on any atom is -0.464 e.